The van der Waals surface area contributed by atoms with Gasteiger partial charge in [-0.2, -0.15) is 0 Å². The number of methoxy groups -OCH3 is 1. The van der Waals surface area contributed by atoms with Crippen molar-refractivity contribution >= 4 is 27.7 Å². The van der Waals surface area contributed by atoms with Crippen LogP contribution in [0.2, 0.25) is 0 Å². The maximum atomic E-state index is 11.0. The van der Waals surface area contributed by atoms with Crippen molar-refractivity contribution in [1.82, 2.24) is 4.98 Å². The Morgan fingerprint density at radius 1 is 1.67 bits per heavy atom. The Labute approximate surface area is 77.9 Å². The fourth-order valence-electron chi connectivity index (χ4n) is 0.733. The topological polar surface area (TPSA) is 65.2 Å². The summed E-state index contributed by atoms with van der Waals surface area (Å²) in [6.45, 7) is 0. The van der Waals surface area contributed by atoms with Crippen LogP contribution in [-0.4, -0.2) is 18.1 Å². The molecule has 0 fully saturated rings. The molecule has 2 N–H and O–H groups in total. The van der Waals surface area contributed by atoms with Crippen molar-refractivity contribution < 1.29 is 9.53 Å². The summed E-state index contributed by atoms with van der Waals surface area (Å²) in [4.78, 5) is 14.8. The highest BCUT2D eigenvalue weighted by Gasteiger charge is 2.10. The van der Waals surface area contributed by atoms with E-state index in [9.17, 15) is 4.79 Å². The van der Waals surface area contributed by atoms with E-state index in [4.69, 9.17) is 5.73 Å². The Morgan fingerprint density at radius 2 is 2.33 bits per heavy atom. The van der Waals surface area contributed by atoms with E-state index in [2.05, 4.69) is 25.7 Å². The molecule has 0 saturated heterocycles. The SMILES string of the molecule is COC(=O)c1ccc(Br)nc1N. The third-order valence-corrected chi connectivity index (χ3v) is 1.74. The summed E-state index contributed by atoms with van der Waals surface area (Å²) < 4.78 is 5.07. The summed E-state index contributed by atoms with van der Waals surface area (Å²) >= 11 is 3.12. The second-order valence-electron chi connectivity index (χ2n) is 2.06. The number of carbonyl (C=O) groups is 1. The molecule has 5 heteroatoms. The molecule has 0 saturated carbocycles. The summed E-state index contributed by atoms with van der Waals surface area (Å²) in [5.74, 6) is -0.316. The number of halogens is 1. The molecule has 0 spiro atoms. The molecule has 0 aliphatic heterocycles. The fraction of sp³-hybridized carbons (Fsp3) is 0.143. The van der Waals surface area contributed by atoms with Gasteiger partial charge in [0.25, 0.3) is 0 Å². The van der Waals surface area contributed by atoms with Crippen molar-refractivity contribution in [3.8, 4) is 0 Å². The van der Waals surface area contributed by atoms with Crippen LogP contribution in [0.1, 0.15) is 10.4 Å². The van der Waals surface area contributed by atoms with E-state index in [1.54, 1.807) is 12.1 Å². The van der Waals surface area contributed by atoms with Gasteiger partial charge in [-0.1, -0.05) is 0 Å². The number of nitrogens with two attached hydrogens (primary N) is 1. The lowest BCUT2D eigenvalue weighted by Crippen LogP contribution is -2.06. The first-order valence-electron chi connectivity index (χ1n) is 3.15. The molecule has 4 nitrogen and oxygen atoms in total. The number of rotatable bonds is 1. The van der Waals surface area contributed by atoms with Crippen molar-refractivity contribution in [2.24, 2.45) is 0 Å². The second kappa shape index (κ2) is 3.53. The van der Waals surface area contributed by atoms with Gasteiger partial charge in [0.1, 0.15) is 16.0 Å². The zero-order chi connectivity index (χ0) is 9.14. The van der Waals surface area contributed by atoms with Crippen LogP contribution >= 0.6 is 15.9 Å². The van der Waals surface area contributed by atoms with Gasteiger partial charge in [0.15, 0.2) is 0 Å². The lowest BCUT2D eigenvalue weighted by molar-refractivity contribution is 0.0601. The minimum atomic E-state index is -0.479. The summed E-state index contributed by atoms with van der Waals surface area (Å²) in [6, 6.07) is 3.18. The number of nitrogens with zero attached hydrogens (tertiary/aromatic N) is 1. The highest BCUT2D eigenvalue weighted by Crippen LogP contribution is 2.14. The highest BCUT2D eigenvalue weighted by molar-refractivity contribution is 9.10. The van der Waals surface area contributed by atoms with Gasteiger partial charge in [-0.3, -0.25) is 0 Å². The maximum Gasteiger partial charge on any atom is 0.341 e. The van der Waals surface area contributed by atoms with E-state index in [1.165, 1.54) is 7.11 Å². The number of hydrogen-bond donors (Lipinski definition) is 1. The first-order chi connectivity index (χ1) is 5.65. The van der Waals surface area contributed by atoms with Crippen LogP contribution in [-0.2, 0) is 4.74 Å². The third kappa shape index (κ3) is 1.73. The second-order valence-corrected chi connectivity index (χ2v) is 2.87. The fourth-order valence-corrected chi connectivity index (χ4v) is 1.06. The van der Waals surface area contributed by atoms with Crippen LogP contribution in [0.25, 0.3) is 0 Å². The monoisotopic (exact) mass is 230 g/mol. The summed E-state index contributed by atoms with van der Waals surface area (Å²) in [7, 11) is 1.30. The number of esters is 1. The van der Waals surface area contributed by atoms with Crippen LogP contribution in [0.5, 0.6) is 0 Å². The van der Waals surface area contributed by atoms with Crippen LogP contribution in [0.4, 0.5) is 5.82 Å². The van der Waals surface area contributed by atoms with Gasteiger partial charge in [-0.05, 0) is 28.1 Å². The van der Waals surface area contributed by atoms with Crippen LogP contribution in [0.15, 0.2) is 16.7 Å². The Morgan fingerprint density at radius 3 is 2.83 bits per heavy atom. The standard InChI is InChI=1S/C7H7BrN2O2/c1-12-7(11)4-2-3-5(8)10-6(4)9/h2-3H,1H3,(H2,9,10). The molecule has 0 aliphatic rings. The summed E-state index contributed by atoms with van der Waals surface area (Å²) in [5.41, 5.74) is 5.73. The lowest BCUT2D eigenvalue weighted by atomic mass is 10.2. The third-order valence-electron chi connectivity index (χ3n) is 1.30. The van der Waals surface area contributed by atoms with Crippen molar-refractivity contribution in [3.05, 3.63) is 22.3 Å². The normalized spacial score (nSPS) is 9.50. The van der Waals surface area contributed by atoms with E-state index in [1.807, 2.05) is 0 Å². The van der Waals surface area contributed by atoms with E-state index in [0.29, 0.717) is 4.60 Å². The summed E-state index contributed by atoms with van der Waals surface area (Å²) in [5, 5.41) is 0. The van der Waals surface area contributed by atoms with E-state index in [0.717, 1.165) is 0 Å². The number of aromatic nitrogens is 1. The summed E-state index contributed by atoms with van der Waals surface area (Å²) in [6.07, 6.45) is 0. The predicted molar refractivity (Wildman–Crippen MR) is 47.7 cm³/mol. The molecule has 0 unspecified atom stereocenters. The maximum absolute atomic E-state index is 11.0. The van der Waals surface area contributed by atoms with Gasteiger partial charge in [-0.15, -0.1) is 0 Å². The van der Waals surface area contributed by atoms with E-state index in [-0.39, 0.29) is 11.4 Å². The number of carbonyl (C=O) groups excluding carboxylic acids is 1. The number of anilines is 1. The van der Waals surface area contributed by atoms with Crippen molar-refractivity contribution in [2.75, 3.05) is 12.8 Å². The largest absolute Gasteiger partial charge is 0.465 e. The smallest absolute Gasteiger partial charge is 0.341 e. The van der Waals surface area contributed by atoms with Crippen LogP contribution in [0.3, 0.4) is 0 Å². The number of pyridine rings is 1. The predicted octanol–water partition coefficient (Wildman–Crippen LogP) is 1.21. The molecule has 0 aliphatic carbocycles. The molecule has 0 radical (unpaired) electrons. The minimum Gasteiger partial charge on any atom is -0.465 e. The zero-order valence-electron chi connectivity index (χ0n) is 6.37. The molecular formula is C7H7BrN2O2. The van der Waals surface area contributed by atoms with Gasteiger partial charge in [0.05, 0.1) is 7.11 Å². The molecule has 12 heavy (non-hydrogen) atoms. The van der Waals surface area contributed by atoms with Gasteiger partial charge in [0.2, 0.25) is 0 Å². The molecule has 0 bridgehead atoms. The quantitative estimate of drug-likeness (QED) is 0.582. The molecule has 1 aromatic rings. The van der Waals surface area contributed by atoms with Crippen LogP contribution < -0.4 is 5.73 Å². The van der Waals surface area contributed by atoms with Crippen molar-refractivity contribution in [1.29, 1.82) is 0 Å². The number of nitrogen functional groups attached to an aromatic ring is 1. The number of hydrogen-bond acceptors (Lipinski definition) is 4. The van der Waals surface area contributed by atoms with Crippen molar-refractivity contribution in [3.63, 3.8) is 0 Å². The Kier molecular flexibility index (Phi) is 2.65. The molecule has 64 valence electrons. The first kappa shape index (κ1) is 8.99. The molecule has 0 atom stereocenters. The molecule has 0 amide bonds. The molecule has 1 heterocycles. The van der Waals surface area contributed by atoms with E-state index >= 15 is 0 Å². The average Bonchev–Trinajstić information content (AvgIpc) is 2.03. The zero-order valence-corrected chi connectivity index (χ0v) is 7.96. The first-order valence-corrected chi connectivity index (χ1v) is 3.95. The average molecular weight is 231 g/mol. The van der Waals surface area contributed by atoms with Gasteiger partial charge in [0, 0.05) is 0 Å². The van der Waals surface area contributed by atoms with Crippen molar-refractivity contribution in [2.45, 2.75) is 0 Å². The van der Waals surface area contributed by atoms with Crippen LogP contribution in [0, 0.1) is 0 Å². The van der Waals surface area contributed by atoms with Gasteiger partial charge in [-0.25, -0.2) is 9.78 Å². The van der Waals surface area contributed by atoms with Gasteiger partial charge >= 0.3 is 5.97 Å². The van der Waals surface area contributed by atoms with E-state index < -0.39 is 5.97 Å². The molecular weight excluding hydrogens is 224 g/mol. The Bertz CT molecular complexity index is 314. The number of ether oxygens (including phenoxy) is 1. The highest BCUT2D eigenvalue weighted by atomic mass is 79.9. The Hall–Kier alpha value is -1.10. The minimum absolute atomic E-state index is 0.163. The lowest BCUT2D eigenvalue weighted by Gasteiger charge is -2.01. The Balaban J connectivity index is 3.09. The van der Waals surface area contributed by atoms with Gasteiger partial charge < -0.3 is 10.5 Å². The molecule has 1 aromatic heterocycles. The molecule has 1 rings (SSSR count). The molecule has 0 aromatic carbocycles.